The molecule has 1 aromatic carbocycles. The lowest BCUT2D eigenvalue weighted by molar-refractivity contribution is -0.118. The molecule has 20 heavy (non-hydrogen) atoms. The molecule has 0 aliphatic carbocycles. The van der Waals surface area contributed by atoms with Gasteiger partial charge < -0.3 is 15.2 Å². The highest BCUT2D eigenvalue weighted by Crippen LogP contribution is 2.19. The van der Waals surface area contributed by atoms with Crippen molar-refractivity contribution in [2.75, 3.05) is 13.2 Å². The molecule has 0 spiro atoms. The average Bonchev–Trinajstić information content (AvgIpc) is 2.48. The fourth-order valence-corrected chi connectivity index (χ4v) is 2.28. The third kappa shape index (κ3) is 3.84. The minimum absolute atomic E-state index is 0.0811. The molecular weight excluding hydrogens is 254 g/mol. The van der Waals surface area contributed by atoms with Crippen LogP contribution in [-0.4, -0.2) is 24.2 Å². The van der Waals surface area contributed by atoms with Crippen LogP contribution in [0.3, 0.4) is 0 Å². The average molecular weight is 275 g/mol. The first-order valence-corrected chi connectivity index (χ1v) is 7.02. The number of rotatable bonds is 5. The molecule has 1 aliphatic rings. The summed E-state index contributed by atoms with van der Waals surface area (Å²) in [5, 5.41) is 12.9. The van der Waals surface area contributed by atoms with E-state index < -0.39 is 6.10 Å². The third-order valence-electron chi connectivity index (χ3n) is 3.48. The highest BCUT2D eigenvalue weighted by Gasteiger charge is 2.17. The Morgan fingerprint density at radius 2 is 2.15 bits per heavy atom. The van der Waals surface area contributed by atoms with Gasteiger partial charge in [-0.3, -0.25) is 4.79 Å². The maximum Gasteiger partial charge on any atom is 0.250 e. The lowest BCUT2D eigenvalue weighted by atomic mass is 10.1. The zero-order valence-corrected chi connectivity index (χ0v) is 11.8. The number of aliphatic hydroxyl groups excluding tert-OH is 1. The summed E-state index contributed by atoms with van der Waals surface area (Å²) in [5.74, 6) is 0.639. The molecule has 108 valence electrons. The van der Waals surface area contributed by atoms with E-state index >= 15 is 0 Å². The van der Waals surface area contributed by atoms with Gasteiger partial charge in [-0.1, -0.05) is 30.3 Å². The van der Waals surface area contributed by atoms with Crippen LogP contribution in [0, 0.1) is 0 Å². The number of amides is 1. The molecule has 1 heterocycles. The highest BCUT2D eigenvalue weighted by atomic mass is 16.5. The smallest absolute Gasteiger partial charge is 0.250 e. The van der Waals surface area contributed by atoms with Gasteiger partial charge in [-0.05, 0) is 31.7 Å². The number of carbonyl (C=O) groups is 1. The Kier molecular flexibility index (Phi) is 5.18. The van der Waals surface area contributed by atoms with Crippen molar-refractivity contribution in [2.24, 2.45) is 0 Å². The van der Waals surface area contributed by atoms with Crippen LogP contribution in [0.15, 0.2) is 41.7 Å². The number of ether oxygens (including phenoxy) is 1. The number of nitrogens with one attached hydrogen (secondary N) is 1. The molecule has 0 fully saturated rings. The van der Waals surface area contributed by atoms with E-state index in [9.17, 15) is 9.90 Å². The van der Waals surface area contributed by atoms with Gasteiger partial charge in [0.15, 0.2) is 0 Å². The Morgan fingerprint density at radius 3 is 2.85 bits per heavy atom. The van der Waals surface area contributed by atoms with Crippen molar-refractivity contribution in [1.29, 1.82) is 0 Å². The molecule has 1 aromatic rings. The van der Waals surface area contributed by atoms with Crippen LogP contribution in [0.25, 0.3) is 0 Å². The van der Waals surface area contributed by atoms with Crippen LogP contribution < -0.4 is 5.32 Å². The van der Waals surface area contributed by atoms with Gasteiger partial charge in [-0.15, -0.1) is 0 Å². The van der Waals surface area contributed by atoms with Crippen LogP contribution in [0.5, 0.6) is 0 Å². The Hall–Kier alpha value is -1.81. The molecule has 1 amide bonds. The summed E-state index contributed by atoms with van der Waals surface area (Å²) in [7, 11) is 0. The van der Waals surface area contributed by atoms with Crippen LogP contribution in [0.2, 0.25) is 0 Å². The number of carbonyl (C=O) groups excluding carboxylic acids is 1. The molecule has 1 atom stereocenters. The minimum Gasteiger partial charge on any atom is -0.498 e. The first-order chi connectivity index (χ1) is 9.68. The summed E-state index contributed by atoms with van der Waals surface area (Å²) >= 11 is 0. The monoisotopic (exact) mass is 275 g/mol. The van der Waals surface area contributed by atoms with E-state index in [0.717, 1.165) is 29.7 Å². The third-order valence-corrected chi connectivity index (χ3v) is 3.48. The van der Waals surface area contributed by atoms with Crippen molar-refractivity contribution in [3.8, 4) is 0 Å². The minimum atomic E-state index is -0.547. The Balaban J connectivity index is 1.80. The summed E-state index contributed by atoms with van der Waals surface area (Å²) in [6.45, 7) is 2.97. The van der Waals surface area contributed by atoms with Gasteiger partial charge in [0.2, 0.25) is 0 Å². The van der Waals surface area contributed by atoms with Crippen LogP contribution in [0.4, 0.5) is 0 Å². The van der Waals surface area contributed by atoms with Gasteiger partial charge in [0.25, 0.3) is 5.91 Å². The first-order valence-electron chi connectivity index (χ1n) is 7.02. The summed E-state index contributed by atoms with van der Waals surface area (Å²) < 4.78 is 5.38. The topological polar surface area (TPSA) is 58.6 Å². The number of aliphatic hydroxyl groups is 1. The van der Waals surface area contributed by atoms with Gasteiger partial charge in [-0.25, -0.2) is 0 Å². The van der Waals surface area contributed by atoms with Crippen molar-refractivity contribution in [2.45, 2.75) is 32.3 Å². The largest absolute Gasteiger partial charge is 0.498 e. The second-order valence-corrected chi connectivity index (χ2v) is 4.96. The highest BCUT2D eigenvalue weighted by molar-refractivity contribution is 5.93. The Morgan fingerprint density at radius 1 is 1.40 bits per heavy atom. The maximum atomic E-state index is 12.0. The summed E-state index contributed by atoms with van der Waals surface area (Å²) in [6, 6.07) is 9.47. The predicted molar refractivity (Wildman–Crippen MR) is 76.9 cm³/mol. The summed E-state index contributed by atoms with van der Waals surface area (Å²) in [4.78, 5) is 12.0. The van der Waals surface area contributed by atoms with Crippen LogP contribution >= 0.6 is 0 Å². The van der Waals surface area contributed by atoms with Gasteiger partial charge in [0, 0.05) is 6.54 Å². The second-order valence-electron chi connectivity index (χ2n) is 4.96. The molecule has 0 aromatic heterocycles. The SMILES string of the molecule is CC1=C(C(=O)NCCC(O)c2ccccc2)CCCO1. The number of allylic oxidation sites excluding steroid dienone is 1. The normalized spacial score (nSPS) is 16.5. The fraction of sp³-hybridized carbons (Fsp3) is 0.438. The maximum absolute atomic E-state index is 12.0. The molecule has 4 heteroatoms. The Labute approximate surface area is 119 Å². The molecule has 1 aliphatic heterocycles. The molecule has 0 bridgehead atoms. The van der Waals surface area contributed by atoms with E-state index in [1.165, 1.54) is 0 Å². The summed E-state index contributed by atoms with van der Waals surface area (Å²) in [5.41, 5.74) is 1.60. The number of hydrogen-bond donors (Lipinski definition) is 2. The van der Waals surface area contributed by atoms with Crippen molar-refractivity contribution < 1.29 is 14.6 Å². The molecule has 0 radical (unpaired) electrons. The van der Waals surface area contributed by atoms with Crippen molar-refractivity contribution in [3.05, 3.63) is 47.2 Å². The second kappa shape index (κ2) is 7.10. The molecule has 1 unspecified atom stereocenters. The van der Waals surface area contributed by atoms with E-state index in [1.807, 2.05) is 37.3 Å². The van der Waals surface area contributed by atoms with Gasteiger partial charge in [-0.2, -0.15) is 0 Å². The van der Waals surface area contributed by atoms with Crippen molar-refractivity contribution >= 4 is 5.91 Å². The summed E-state index contributed by atoms with van der Waals surface area (Å²) in [6.07, 6.45) is 1.60. The van der Waals surface area contributed by atoms with Gasteiger partial charge in [0.05, 0.1) is 18.3 Å². The van der Waals surface area contributed by atoms with Crippen LogP contribution in [0.1, 0.15) is 37.9 Å². The molecule has 2 N–H and O–H groups in total. The van der Waals surface area contributed by atoms with E-state index in [-0.39, 0.29) is 5.91 Å². The van der Waals surface area contributed by atoms with E-state index in [4.69, 9.17) is 4.74 Å². The van der Waals surface area contributed by atoms with Gasteiger partial charge in [0.1, 0.15) is 5.76 Å². The van der Waals surface area contributed by atoms with E-state index in [2.05, 4.69) is 5.32 Å². The van der Waals surface area contributed by atoms with Crippen LogP contribution in [-0.2, 0) is 9.53 Å². The molecule has 2 rings (SSSR count). The molecule has 4 nitrogen and oxygen atoms in total. The Bertz CT molecular complexity index is 482. The number of benzene rings is 1. The lowest BCUT2D eigenvalue weighted by Crippen LogP contribution is -2.29. The van der Waals surface area contributed by atoms with Crippen molar-refractivity contribution in [3.63, 3.8) is 0 Å². The lowest BCUT2D eigenvalue weighted by Gasteiger charge is -2.18. The van der Waals surface area contributed by atoms with E-state index in [1.54, 1.807) is 0 Å². The molecular formula is C16H21NO3. The van der Waals surface area contributed by atoms with E-state index in [0.29, 0.717) is 19.6 Å². The van der Waals surface area contributed by atoms with Gasteiger partial charge >= 0.3 is 0 Å². The first kappa shape index (κ1) is 14.6. The molecule has 0 saturated carbocycles. The fourth-order valence-electron chi connectivity index (χ4n) is 2.28. The zero-order valence-electron chi connectivity index (χ0n) is 11.8. The predicted octanol–water partition coefficient (Wildman–Crippen LogP) is 2.31. The molecule has 0 saturated heterocycles. The number of hydrogen-bond acceptors (Lipinski definition) is 3. The zero-order chi connectivity index (χ0) is 14.4. The van der Waals surface area contributed by atoms with Crippen molar-refractivity contribution in [1.82, 2.24) is 5.32 Å². The standard InChI is InChI=1S/C16H21NO3/c1-12-14(8-5-11-20-12)16(19)17-10-9-15(18)13-6-3-2-4-7-13/h2-4,6-7,15,18H,5,8-11H2,1H3,(H,17,19). The quantitative estimate of drug-likeness (QED) is 0.867.